The highest BCUT2D eigenvalue weighted by atomic mass is 16.5. The zero-order valence-corrected chi connectivity index (χ0v) is 8.98. The first-order valence-electron chi connectivity index (χ1n) is 5.82. The third-order valence-electron chi connectivity index (χ3n) is 3.39. The number of nitrogens with zero attached hydrogens (tertiary/aromatic N) is 1. The topological polar surface area (TPSA) is 12.5 Å². The zero-order valence-electron chi connectivity index (χ0n) is 8.98. The minimum atomic E-state index is 0.485. The molecule has 1 atom stereocenters. The smallest absolute Gasteiger partial charge is 0.0703 e. The average Bonchev–Trinajstić information content (AvgIpc) is 2.86. The lowest BCUT2D eigenvalue weighted by molar-refractivity contribution is 0.0723. The van der Waals surface area contributed by atoms with Gasteiger partial charge in [0.25, 0.3) is 0 Å². The van der Waals surface area contributed by atoms with E-state index in [-0.39, 0.29) is 0 Å². The fourth-order valence-electron chi connectivity index (χ4n) is 2.61. The lowest BCUT2D eigenvalue weighted by Gasteiger charge is -2.18. The number of benzene rings is 1. The summed E-state index contributed by atoms with van der Waals surface area (Å²) in [6.45, 7) is 4.28. The molecule has 1 saturated heterocycles. The summed E-state index contributed by atoms with van der Waals surface area (Å²) in [5.41, 5.74) is 2.99. The molecule has 0 N–H and O–H groups in total. The number of rotatable bonds is 2. The summed E-state index contributed by atoms with van der Waals surface area (Å²) in [5, 5.41) is 0. The number of fused-ring (bicyclic) bond motifs is 1. The van der Waals surface area contributed by atoms with Gasteiger partial charge in [0.2, 0.25) is 0 Å². The second-order valence-electron chi connectivity index (χ2n) is 4.57. The van der Waals surface area contributed by atoms with Crippen LogP contribution in [0.25, 0.3) is 0 Å². The van der Waals surface area contributed by atoms with Crippen LogP contribution in [0.3, 0.4) is 0 Å². The van der Waals surface area contributed by atoms with Crippen LogP contribution in [0.2, 0.25) is 0 Å². The monoisotopic (exact) mass is 203 g/mol. The van der Waals surface area contributed by atoms with Crippen molar-refractivity contribution in [1.29, 1.82) is 0 Å². The van der Waals surface area contributed by atoms with Crippen molar-refractivity contribution < 1.29 is 4.74 Å². The van der Waals surface area contributed by atoms with Gasteiger partial charge < -0.3 is 4.74 Å². The molecule has 15 heavy (non-hydrogen) atoms. The molecule has 0 bridgehead atoms. The van der Waals surface area contributed by atoms with E-state index in [0.29, 0.717) is 6.10 Å². The van der Waals surface area contributed by atoms with Crippen LogP contribution in [-0.4, -0.2) is 24.2 Å². The van der Waals surface area contributed by atoms with E-state index in [4.69, 9.17) is 4.74 Å². The Morgan fingerprint density at radius 3 is 2.53 bits per heavy atom. The molecule has 0 spiro atoms. The van der Waals surface area contributed by atoms with Gasteiger partial charge in [-0.3, -0.25) is 4.90 Å². The molecule has 0 unspecified atom stereocenters. The zero-order chi connectivity index (χ0) is 10.1. The van der Waals surface area contributed by atoms with Gasteiger partial charge >= 0.3 is 0 Å². The summed E-state index contributed by atoms with van der Waals surface area (Å²) in [6.07, 6.45) is 2.97. The Hall–Kier alpha value is -0.860. The van der Waals surface area contributed by atoms with E-state index >= 15 is 0 Å². The maximum absolute atomic E-state index is 5.67. The summed E-state index contributed by atoms with van der Waals surface area (Å²) in [5.74, 6) is 0. The Morgan fingerprint density at radius 1 is 1.20 bits per heavy atom. The van der Waals surface area contributed by atoms with Crippen molar-refractivity contribution in [2.45, 2.75) is 32.0 Å². The predicted octanol–water partition coefficient (Wildman–Crippen LogP) is 2.18. The molecule has 2 nitrogen and oxygen atoms in total. The molecule has 1 aromatic rings. The second kappa shape index (κ2) is 3.95. The summed E-state index contributed by atoms with van der Waals surface area (Å²) in [7, 11) is 0. The fourth-order valence-corrected chi connectivity index (χ4v) is 2.61. The largest absolute Gasteiger partial charge is 0.377 e. The minimum absolute atomic E-state index is 0.485. The van der Waals surface area contributed by atoms with E-state index in [9.17, 15) is 0 Å². The first kappa shape index (κ1) is 9.37. The maximum Gasteiger partial charge on any atom is 0.0703 e. The normalized spacial score (nSPS) is 25.7. The van der Waals surface area contributed by atoms with Crippen LogP contribution in [0.4, 0.5) is 0 Å². The van der Waals surface area contributed by atoms with Gasteiger partial charge in [-0.25, -0.2) is 0 Å². The molecule has 0 radical (unpaired) electrons. The highest BCUT2D eigenvalue weighted by Crippen LogP contribution is 2.24. The Bertz CT molecular complexity index is 319. The molecule has 2 heteroatoms. The Labute approximate surface area is 90.8 Å². The highest BCUT2D eigenvalue weighted by Gasteiger charge is 2.23. The van der Waals surface area contributed by atoms with Crippen LogP contribution in [0.5, 0.6) is 0 Å². The average molecular weight is 203 g/mol. The number of hydrogen-bond acceptors (Lipinski definition) is 2. The molecule has 2 aliphatic rings. The van der Waals surface area contributed by atoms with Gasteiger partial charge in [-0.2, -0.15) is 0 Å². The van der Waals surface area contributed by atoms with E-state index in [2.05, 4.69) is 29.2 Å². The molecule has 2 heterocycles. The van der Waals surface area contributed by atoms with Gasteiger partial charge in [-0.1, -0.05) is 24.3 Å². The van der Waals surface area contributed by atoms with Crippen LogP contribution in [-0.2, 0) is 17.8 Å². The third-order valence-corrected chi connectivity index (χ3v) is 3.39. The third kappa shape index (κ3) is 1.92. The van der Waals surface area contributed by atoms with Crippen molar-refractivity contribution in [1.82, 2.24) is 4.90 Å². The molecule has 0 saturated carbocycles. The molecule has 1 fully saturated rings. The van der Waals surface area contributed by atoms with Gasteiger partial charge in [0.05, 0.1) is 6.10 Å². The Kier molecular flexibility index (Phi) is 2.47. The second-order valence-corrected chi connectivity index (χ2v) is 4.57. The van der Waals surface area contributed by atoms with Crippen molar-refractivity contribution in [2.75, 3.05) is 13.2 Å². The first-order chi connectivity index (χ1) is 7.42. The van der Waals surface area contributed by atoms with Crippen molar-refractivity contribution in [3.05, 3.63) is 35.4 Å². The molecule has 80 valence electrons. The molecule has 0 aliphatic carbocycles. The Morgan fingerprint density at radius 2 is 1.93 bits per heavy atom. The number of hydrogen-bond donors (Lipinski definition) is 0. The van der Waals surface area contributed by atoms with Gasteiger partial charge in [0.1, 0.15) is 0 Å². The summed E-state index contributed by atoms with van der Waals surface area (Å²) < 4.78 is 5.67. The standard InChI is InChI=1S/C13H17NO/c1-2-5-12-9-14(8-11(12)4-1)10-13-6-3-7-15-13/h1-2,4-5,13H,3,6-10H2/t13-/m0/s1. The van der Waals surface area contributed by atoms with Gasteiger partial charge in [-0.05, 0) is 24.0 Å². The van der Waals surface area contributed by atoms with E-state index in [1.54, 1.807) is 0 Å². The lowest BCUT2D eigenvalue weighted by Crippen LogP contribution is -2.27. The van der Waals surface area contributed by atoms with Gasteiger partial charge in [0, 0.05) is 26.2 Å². The molecule has 3 rings (SSSR count). The van der Waals surface area contributed by atoms with Crippen LogP contribution in [0, 0.1) is 0 Å². The predicted molar refractivity (Wildman–Crippen MR) is 59.5 cm³/mol. The van der Waals surface area contributed by atoms with Crippen molar-refractivity contribution in [2.24, 2.45) is 0 Å². The SMILES string of the molecule is c1ccc2c(c1)CN(C[C@@H]1CCCO1)C2. The van der Waals surface area contributed by atoms with E-state index in [0.717, 1.165) is 26.2 Å². The Balaban J connectivity index is 1.63. The minimum Gasteiger partial charge on any atom is -0.377 e. The van der Waals surface area contributed by atoms with Crippen LogP contribution in [0.15, 0.2) is 24.3 Å². The molecular formula is C13H17NO. The molecule has 0 amide bonds. The van der Waals surface area contributed by atoms with Crippen LogP contribution >= 0.6 is 0 Å². The quantitative estimate of drug-likeness (QED) is 0.730. The van der Waals surface area contributed by atoms with Gasteiger partial charge in [0.15, 0.2) is 0 Å². The fraction of sp³-hybridized carbons (Fsp3) is 0.538. The molecular weight excluding hydrogens is 186 g/mol. The summed E-state index contributed by atoms with van der Waals surface area (Å²) >= 11 is 0. The molecule has 2 aliphatic heterocycles. The van der Waals surface area contributed by atoms with Crippen molar-refractivity contribution >= 4 is 0 Å². The molecule has 1 aromatic carbocycles. The van der Waals surface area contributed by atoms with Gasteiger partial charge in [-0.15, -0.1) is 0 Å². The van der Waals surface area contributed by atoms with E-state index in [1.807, 2.05) is 0 Å². The van der Waals surface area contributed by atoms with E-state index in [1.165, 1.54) is 24.0 Å². The highest BCUT2D eigenvalue weighted by molar-refractivity contribution is 5.30. The molecule has 0 aromatic heterocycles. The first-order valence-corrected chi connectivity index (χ1v) is 5.82. The summed E-state index contributed by atoms with van der Waals surface area (Å²) in [4.78, 5) is 2.50. The van der Waals surface area contributed by atoms with Crippen LogP contribution < -0.4 is 0 Å². The number of ether oxygens (including phenoxy) is 1. The van der Waals surface area contributed by atoms with E-state index < -0.39 is 0 Å². The summed E-state index contributed by atoms with van der Waals surface area (Å²) in [6, 6.07) is 8.75. The maximum atomic E-state index is 5.67. The van der Waals surface area contributed by atoms with Crippen LogP contribution in [0.1, 0.15) is 24.0 Å². The van der Waals surface area contributed by atoms with Crippen molar-refractivity contribution in [3.8, 4) is 0 Å². The lowest BCUT2D eigenvalue weighted by atomic mass is 10.1. The van der Waals surface area contributed by atoms with Crippen molar-refractivity contribution in [3.63, 3.8) is 0 Å².